The average Bonchev–Trinajstić information content (AvgIpc) is 2.86. The highest BCUT2D eigenvalue weighted by Gasteiger charge is 2.08. The summed E-state index contributed by atoms with van der Waals surface area (Å²) in [6.07, 6.45) is 6.12. The molecule has 0 saturated carbocycles. The summed E-state index contributed by atoms with van der Waals surface area (Å²) in [6.45, 7) is 4.37. The Labute approximate surface area is 197 Å². The highest BCUT2D eigenvalue weighted by molar-refractivity contribution is 5.85. The Balaban J connectivity index is 1.47. The van der Waals surface area contributed by atoms with Gasteiger partial charge in [0.15, 0.2) is 0 Å². The Morgan fingerprint density at radius 3 is 2.00 bits per heavy atom. The van der Waals surface area contributed by atoms with E-state index in [1.165, 1.54) is 29.5 Å². The summed E-state index contributed by atoms with van der Waals surface area (Å²) in [6, 6.07) is 26.8. The van der Waals surface area contributed by atoms with Gasteiger partial charge < -0.3 is 0 Å². The second kappa shape index (κ2) is 11.0. The van der Waals surface area contributed by atoms with Crippen LogP contribution in [0.1, 0.15) is 60.1 Å². The standard InChI is InChI=1S/C32H31F/c1-3-5-6-25-11-13-26(14-12-25)15-16-28-18-22-31-30(23-28)21-20-29(32(31)33)19-17-27-9-7-24(4-2)8-10-27/h7-14,18,20-23H,3-6,17,19H2,1-2H3. The van der Waals surface area contributed by atoms with Gasteiger partial charge in [0, 0.05) is 16.5 Å². The molecule has 4 aromatic carbocycles. The summed E-state index contributed by atoms with van der Waals surface area (Å²) in [4.78, 5) is 0. The molecule has 0 unspecified atom stereocenters. The molecule has 0 fully saturated rings. The molecular formula is C32H31F. The quantitative estimate of drug-likeness (QED) is 0.258. The first kappa shape index (κ1) is 22.8. The van der Waals surface area contributed by atoms with E-state index in [1.54, 1.807) is 0 Å². The van der Waals surface area contributed by atoms with Crippen molar-refractivity contribution in [2.75, 3.05) is 0 Å². The number of aryl methyl sites for hydroxylation is 4. The Morgan fingerprint density at radius 2 is 1.27 bits per heavy atom. The molecule has 0 atom stereocenters. The Bertz CT molecular complexity index is 1270. The molecule has 0 saturated heterocycles. The van der Waals surface area contributed by atoms with Crippen molar-refractivity contribution >= 4 is 10.8 Å². The van der Waals surface area contributed by atoms with Gasteiger partial charge in [-0.05, 0) is 84.0 Å². The molecule has 0 N–H and O–H groups in total. The minimum absolute atomic E-state index is 0.111. The third-order valence-electron chi connectivity index (χ3n) is 6.27. The monoisotopic (exact) mass is 434 g/mol. The lowest BCUT2D eigenvalue weighted by molar-refractivity contribution is 0.620. The van der Waals surface area contributed by atoms with Crippen molar-refractivity contribution < 1.29 is 4.39 Å². The van der Waals surface area contributed by atoms with E-state index in [1.807, 2.05) is 30.3 Å². The van der Waals surface area contributed by atoms with Gasteiger partial charge in [-0.15, -0.1) is 0 Å². The van der Waals surface area contributed by atoms with Crippen LogP contribution in [0.25, 0.3) is 10.8 Å². The van der Waals surface area contributed by atoms with Crippen LogP contribution in [0.5, 0.6) is 0 Å². The molecule has 33 heavy (non-hydrogen) atoms. The molecular weight excluding hydrogens is 403 g/mol. The zero-order valence-corrected chi connectivity index (χ0v) is 19.6. The topological polar surface area (TPSA) is 0 Å². The van der Waals surface area contributed by atoms with Crippen molar-refractivity contribution in [1.82, 2.24) is 0 Å². The number of unbranched alkanes of at least 4 members (excludes halogenated alkanes) is 1. The molecule has 4 aromatic rings. The predicted molar refractivity (Wildman–Crippen MR) is 138 cm³/mol. The van der Waals surface area contributed by atoms with Gasteiger partial charge in [0.1, 0.15) is 5.82 Å². The van der Waals surface area contributed by atoms with Gasteiger partial charge >= 0.3 is 0 Å². The zero-order valence-electron chi connectivity index (χ0n) is 19.6. The van der Waals surface area contributed by atoms with Crippen molar-refractivity contribution in [2.24, 2.45) is 0 Å². The van der Waals surface area contributed by atoms with Crippen molar-refractivity contribution in [3.8, 4) is 11.8 Å². The van der Waals surface area contributed by atoms with Crippen molar-refractivity contribution in [2.45, 2.75) is 52.4 Å². The molecule has 0 aliphatic carbocycles. The van der Waals surface area contributed by atoms with E-state index in [0.717, 1.165) is 41.3 Å². The fourth-order valence-corrected chi connectivity index (χ4v) is 4.11. The summed E-state index contributed by atoms with van der Waals surface area (Å²) >= 11 is 0. The molecule has 0 spiro atoms. The van der Waals surface area contributed by atoms with Gasteiger partial charge in [0.2, 0.25) is 0 Å². The van der Waals surface area contributed by atoms with Gasteiger partial charge in [-0.25, -0.2) is 4.39 Å². The summed E-state index contributed by atoms with van der Waals surface area (Å²) < 4.78 is 15.2. The highest BCUT2D eigenvalue weighted by atomic mass is 19.1. The smallest absolute Gasteiger partial charge is 0.134 e. The summed E-state index contributed by atoms with van der Waals surface area (Å²) in [5, 5.41) is 1.56. The van der Waals surface area contributed by atoms with Gasteiger partial charge in [0.05, 0.1) is 0 Å². The summed E-state index contributed by atoms with van der Waals surface area (Å²) in [5.74, 6) is 6.36. The Kier molecular flexibility index (Phi) is 7.59. The van der Waals surface area contributed by atoms with Crippen molar-refractivity contribution in [3.05, 3.63) is 118 Å². The van der Waals surface area contributed by atoms with E-state index >= 15 is 4.39 Å². The van der Waals surface area contributed by atoms with Crippen LogP contribution < -0.4 is 0 Å². The van der Waals surface area contributed by atoms with Crippen LogP contribution >= 0.6 is 0 Å². The Morgan fingerprint density at radius 1 is 0.636 bits per heavy atom. The number of hydrogen-bond donors (Lipinski definition) is 0. The van der Waals surface area contributed by atoms with E-state index in [9.17, 15) is 0 Å². The molecule has 0 aromatic heterocycles. The lowest BCUT2D eigenvalue weighted by Gasteiger charge is -2.08. The molecule has 0 nitrogen and oxygen atoms in total. The van der Waals surface area contributed by atoms with E-state index in [-0.39, 0.29) is 5.82 Å². The Hall–Kier alpha value is -3.37. The van der Waals surface area contributed by atoms with Crippen LogP contribution in [-0.4, -0.2) is 0 Å². The first-order valence-corrected chi connectivity index (χ1v) is 12.1. The molecule has 0 aliphatic rings. The van der Waals surface area contributed by atoms with E-state index in [4.69, 9.17) is 0 Å². The number of halogens is 1. The number of benzene rings is 4. The van der Waals surface area contributed by atoms with Crippen molar-refractivity contribution in [3.63, 3.8) is 0 Å². The number of rotatable bonds is 7. The van der Waals surface area contributed by atoms with Gasteiger partial charge in [-0.1, -0.05) is 86.7 Å². The van der Waals surface area contributed by atoms with E-state index < -0.39 is 0 Å². The maximum atomic E-state index is 15.2. The minimum atomic E-state index is -0.111. The molecule has 0 bridgehead atoms. The third kappa shape index (κ3) is 5.91. The predicted octanol–water partition coefficient (Wildman–Crippen LogP) is 8.07. The lowest BCUT2D eigenvalue weighted by atomic mass is 9.98. The van der Waals surface area contributed by atoms with Crippen LogP contribution in [0.4, 0.5) is 4.39 Å². The fraction of sp³-hybridized carbons (Fsp3) is 0.250. The second-order valence-electron chi connectivity index (χ2n) is 8.70. The van der Waals surface area contributed by atoms with Crippen LogP contribution in [0, 0.1) is 17.7 Å². The van der Waals surface area contributed by atoms with Crippen LogP contribution in [0.3, 0.4) is 0 Å². The molecule has 166 valence electrons. The maximum Gasteiger partial charge on any atom is 0.134 e. The molecule has 0 radical (unpaired) electrons. The summed E-state index contributed by atoms with van der Waals surface area (Å²) in [5.41, 5.74) is 6.61. The molecule has 1 heteroatoms. The molecule has 0 aliphatic heterocycles. The lowest BCUT2D eigenvalue weighted by Crippen LogP contribution is -1.96. The summed E-state index contributed by atoms with van der Waals surface area (Å²) in [7, 11) is 0. The maximum absolute atomic E-state index is 15.2. The minimum Gasteiger partial charge on any atom is -0.206 e. The zero-order chi connectivity index (χ0) is 23.0. The van der Waals surface area contributed by atoms with Gasteiger partial charge in [0.25, 0.3) is 0 Å². The SMILES string of the molecule is CCCCc1ccc(C#Cc2ccc3c(F)c(CCc4ccc(CC)cc4)ccc3c2)cc1. The van der Waals surface area contributed by atoms with Gasteiger partial charge in [-0.3, -0.25) is 0 Å². The van der Waals surface area contributed by atoms with Crippen LogP contribution in [0.15, 0.2) is 78.9 Å². The number of hydrogen-bond acceptors (Lipinski definition) is 0. The van der Waals surface area contributed by atoms with Crippen molar-refractivity contribution in [1.29, 1.82) is 0 Å². The second-order valence-corrected chi connectivity index (χ2v) is 8.70. The first-order chi connectivity index (χ1) is 16.2. The van der Waals surface area contributed by atoms with E-state index in [0.29, 0.717) is 11.8 Å². The van der Waals surface area contributed by atoms with Gasteiger partial charge in [-0.2, -0.15) is 0 Å². The average molecular weight is 435 g/mol. The normalized spacial score (nSPS) is 10.8. The fourth-order valence-electron chi connectivity index (χ4n) is 4.11. The molecule has 0 amide bonds. The first-order valence-electron chi connectivity index (χ1n) is 12.1. The van der Waals surface area contributed by atoms with E-state index in [2.05, 4.69) is 74.2 Å². The van der Waals surface area contributed by atoms with Crippen LogP contribution in [-0.2, 0) is 25.7 Å². The van der Waals surface area contributed by atoms with Crippen LogP contribution in [0.2, 0.25) is 0 Å². The highest BCUT2D eigenvalue weighted by Crippen LogP contribution is 2.24. The number of fused-ring (bicyclic) bond motifs is 1. The molecule has 0 heterocycles. The molecule has 4 rings (SSSR count). The largest absolute Gasteiger partial charge is 0.206 e. The third-order valence-corrected chi connectivity index (χ3v) is 6.27.